The molecule has 2 N–H and O–H groups in total. The van der Waals surface area contributed by atoms with E-state index >= 15 is 0 Å². The second kappa shape index (κ2) is 13.2. The molecule has 0 aliphatic carbocycles. The van der Waals surface area contributed by atoms with Crippen molar-refractivity contribution in [1.82, 2.24) is 15.2 Å². The van der Waals surface area contributed by atoms with E-state index in [2.05, 4.69) is 10.2 Å². The van der Waals surface area contributed by atoms with Crippen LogP contribution in [0.1, 0.15) is 5.56 Å². The Morgan fingerprint density at radius 1 is 0.784 bits per heavy atom. The summed E-state index contributed by atoms with van der Waals surface area (Å²) in [6.45, 7) is 0. The number of ether oxygens (including phenoxy) is 2. The second-order valence-corrected chi connectivity index (χ2v) is 8.59. The topological polar surface area (TPSA) is 132 Å². The van der Waals surface area contributed by atoms with Crippen molar-refractivity contribution in [3.8, 4) is 34.0 Å². The van der Waals surface area contributed by atoms with E-state index in [1.54, 1.807) is 14.2 Å². The number of rotatable bonds is 7. The number of carboxylic acid groups (broad SMARTS) is 2. The number of carbonyl (C=O) groups is 2. The van der Waals surface area contributed by atoms with Gasteiger partial charge in [0.1, 0.15) is 22.9 Å². The Balaban J connectivity index is 0.000000568. The molecule has 0 atom stereocenters. The van der Waals surface area contributed by atoms with Gasteiger partial charge < -0.3 is 19.7 Å². The molecular weight excluding hydrogens is 518 g/mol. The van der Waals surface area contributed by atoms with Crippen LogP contribution in [0.3, 0.4) is 0 Å². The van der Waals surface area contributed by atoms with Gasteiger partial charge in [-0.2, -0.15) is 0 Å². The second-order valence-electron chi connectivity index (χ2n) is 7.24. The smallest absolute Gasteiger partial charge is 0.414 e. The van der Waals surface area contributed by atoms with Crippen LogP contribution in [-0.2, 0) is 15.3 Å². The molecule has 3 aromatic carbocycles. The Bertz CT molecular complexity index is 1360. The predicted molar refractivity (Wildman–Crippen MR) is 140 cm³/mol. The molecule has 1 heterocycles. The van der Waals surface area contributed by atoms with E-state index < -0.39 is 11.9 Å². The molecular formula is C26H22ClN3O6S. The number of thioether (sulfide) groups is 1. The van der Waals surface area contributed by atoms with Crippen LogP contribution >= 0.6 is 23.4 Å². The molecule has 0 fully saturated rings. The summed E-state index contributed by atoms with van der Waals surface area (Å²) in [4.78, 5) is 23.0. The van der Waals surface area contributed by atoms with Crippen molar-refractivity contribution in [3.05, 3.63) is 83.4 Å². The Morgan fingerprint density at radius 3 is 1.78 bits per heavy atom. The molecule has 0 spiro atoms. The molecule has 0 amide bonds. The van der Waals surface area contributed by atoms with Crippen molar-refractivity contribution >= 4 is 35.3 Å². The number of hydrogen-bond acceptors (Lipinski definition) is 8. The summed E-state index contributed by atoms with van der Waals surface area (Å²) in [5.74, 6) is -1.43. The predicted octanol–water partition coefficient (Wildman–Crippen LogP) is 5.32. The van der Waals surface area contributed by atoms with Gasteiger partial charge in [-0.25, -0.2) is 14.6 Å². The molecule has 4 aromatic rings. The van der Waals surface area contributed by atoms with Crippen LogP contribution in [0.15, 0.2) is 78.0 Å². The van der Waals surface area contributed by atoms with Gasteiger partial charge in [-0.1, -0.05) is 41.6 Å². The minimum Gasteiger partial charge on any atom is -0.497 e. The lowest BCUT2D eigenvalue weighted by Crippen LogP contribution is -2.09. The summed E-state index contributed by atoms with van der Waals surface area (Å²) in [6.07, 6.45) is 0. The van der Waals surface area contributed by atoms with Crippen LogP contribution in [-0.4, -0.2) is 51.6 Å². The van der Waals surface area contributed by atoms with E-state index in [9.17, 15) is 0 Å². The van der Waals surface area contributed by atoms with Gasteiger partial charge >= 0.3 is 11.9 Å². The van der Waals surface area contributed by atoms with E-state index in [4.69, 9.17) is 45.9 Å². The maximum Gasteiger partial charge on any atom is 0.414 e. The number of carboxylic acids is 2. The fourth-order valence-electron chi connectivity index (χ4n) is 3.02. The normalized spacial score (nSPS) is 10.1. The van der Waals surface area contributed by atoms with Crippen LogP contribution in [0.5, 0.6) is 11.5 Å². The van der Waals surface area contributed by atoms with Crippen molar-refractivity contribution in [2.45, 2.75) is 10.9 Å². The number of halogens is 1. The quantitative estimate of drug-likeness (QED) is 0.235. The highest BCUT2D eigenvalue weighted by Gasteiger charge is 2.15. The zero-order chi connectivity index (χ0) is 26.8. The van der Waals surface area contributed by atoms with Crippen LogP contribution in [0.2, 0.25) is 5.02 Å². The zero-order valence-corrected chi connectivity index (χ0v) is 21.4. The monoisotopic (exact) mass is 539 g/mol. The fraction of sp³-hybridized carbons (Fsp3) is 0.115. The molecule has 0 saturated heterocycles. The third-order valence-electron chi connectivity index (χ3n) is 4.89. The van der Waals surface area contributed by atoms with Gasteiger partial charge in [0.2, 0.25) is 5.16 Å². The SMILES string of the molecule is COc1ccc(-c2nnc(SCc3ccccc3Cl)nc2-c2ccc(OC)cc2)cc1.O=C(O)C(=O)O. The summed E-state index contributed by atoms with van der Waals surface area (Å²) in [5, 5.41) is 25.0. The molecule has 0 aliphatic heterocycles. The lowest BCUT2D eigenvalue weighted by atomic mass is 10.0. The van der Waals surface area contributed by atoms with Crippen LogP contribution < -0.4 is 9.47 Å². The number of aromatic nitrogens is 3. The molecule has 1 aromatic heterocycles. The van der Waals surface area contributed by atoms with Gasteiger partial charge in [0.05, 0.1) is 14.2 Å². The van der Waals surface area contributed by atoms with Gasteiger partial charge in [-0.05, 0) is 60.2 Å². The largest absolute Gasteiger partial charge is 0.497 e. The summed E-state index contributed by atoms with van der Waals surface area (Å²) in [6, 6.07) is 23.2. The fourth-order valence-corrected chi connectivity index (χ4v) is 4.10. The van der Waals surface area contributed by atoms with Gasteiger partial charge in [-0.15, -0.1) is 10.2 Å². The molecule has 190 valence electrons. The summed E-state index contributed by atoms with van der Waals surface area (Å²) in [5.41, 5.74) is 4.33. The minimum absolute atomic E-state index is 0.586. The van der Waals surface area contributed by atoms with Gasteiger partial charge in [-0.3, -0.25) is 0 Å². The van der Waals surface area contributed by atoms with Gasteiger partial charge in [0.15, 0.2) is 0 Å². The average Bonchev–Trinajstić information content (AvgIpc) is 2.93. The number of methoxy groups -OCH3 is 2. The van der Waals surface area contributed by atoms with Gasteiger partial charge in [0, 0.05) is 21.9 Å². The maximum absolute atomic E-state index is 9.10. The number of aliphatic carboxylic acids is 2. The average molecular weight is 540 g/mol. The Labute approximate surface area is 222 Å². The Kier molecular flexibility index (Phi) is 9.82. The van der Waals surface area contributed by atoms with Crippen molar-refractivity contribution in [2.75, 3.05) is 14.2 Å². The first kappa shape index (κ1) is 27.4. The Morgan fingerprint density at radius 2 is 1.30 bits per heavy atom. The van der Waals surface area contributed by atoms with E-state index in [0.29, 0.717) is 16.6 Å². The van der Waals surface area contributed by atoms with Crippen molar-refractivity contribution in [1.29, 1.82) is 0 Å². The van der Waals surface area contributed by atoms with Crippen LogP contribution in [0.25, 0.3) is 22.5 Å². The number of nitrogens with zero attached hydrogens (tertiary/aromatic N) is 3. The highest BCUT2D eigenvalue weighted by molar-refractivity contribution is 7.98. The lowest BCUT2D eigenvalue weighted by Gasteiger charge is -2.11. The summed E-state index contributed by atoms with van der Waals surface area (Å²) < 4.78 is 10.6. The van der Waals surface area contributed by atoms with Crippen molar-refractivity contribution in [2.24, 2.45) is 0 Å². The summed E-state index contributed by atoms with van der Waals surface area (Å²) >= 11 is 7.78. The number of hydrogen-bond donors (Lipinski definition) is 2. The van der Waals surface area contributed by atoms with Crippen molar-refractivity contribution < 1.29 is 29.3 Å². The molecule has 11 heteroatoms. The molecule has 0 bridgehead atoms. The zero-order valence-electron chi connectivity index (χ0n) is 19.8. The standard InChI is InChI=1S/C24H20ClN3O2S.C2H2O4/c1-29-19-11-7-16(8-12-19)22-23(17-9-13-20(30-2)14-10-17)27-28-24(26-22)31-15-18-5-3-4-6-21(18)25;3-1(4)2(5)6/h3-14H,15H2,1-2H3;(H,3,4)(H,5,6). The first-order valence-corrected chi connectivity index (χ1v) is 12.0. The lowest BCUT2D eigenvalue weighted by molar-refractivity contribution is -0.159. The number of benzene rings is 3. The molecule has 9 nitrogen and oxygen atoms in total. The van der Waals surface area contributed by atoms with E-state index in [1.807, 2.05) is 72.8 Å². The molecule has 0 unspecified atom stereocenters. The third-order valence-corrected chi connectivity index (χ3v) is 6.15. The van der Waals surface area contributed by atoms with E-state index in [0.717, 1.165) is 38.9 Å². The first-order chi connectivity index (χ1) is 17.8. The molecule has 0 radical (unpaired) electrons. The van der Waals surface area contributed by atoms with Crippen molar-refractivity contribution in [3.63, 3.8) is 0 Å². The highest BCUT2D eigenvalue weighted by atomic mass is 35.5. The third kappa shape index (κ3) is 7.66. The maximum atomic E-state index is 9.10. The van der Waals surface area contributed by atoms with Gasteiger partial charge in [0.25, 0.3) is 0 Å². The minimum atomic E-state index is -1.82. The summed E-state index contributed by atoms with van der Waals surface area (Å²) in [7, 11) is 3.29. The Hall–Kier alpha value is -4.15. The molecule has 0 aliphatic rings. The molecule has 37 heavy (non-hydrogen) atoms. The first-order valence-electron chi connectivity index (χ1n) is 10.7. The molecule has 0 saturated carbocycles. The van der Waals surface area contributed by atoms with Crippen LogP contribution in [0.4, 0.5) is 0 Å². The molecule has 4 rings (SSSR count). The van der Waals surface area contributed by atoms with E-state index in [1.165, 1.54) is 11.8 Å². The highest BCUT2D eigenvalue weighted by Crippen LogP contribution is 2.32. The van der Waals surface area contributed by atoms with E-state index in [-0.39, 0.29) is 0 Å². The van der Waals surface area contributed by atoms with Crippen LogP contribution in [0, 0.1) is 0 Å².